The van der Waals surface area contributed by atoms with E-state index in [-0.39, 0.29) is 24.3 Å². The number of rotatable bonds is 9. The van der Waals surface area contributed by atoms with Gasteiger partial charge in [-0.05, 0) is 54.8 Å². The summed E-state index contributed by atoms with van der Waals surface area (Å²) in [5.74, 6) is 0.779. The first-order valence-corrected chi connectivity index (χ1v) is 10.2. The van der Waals surface area contributed by atoms with E-state index in [0.29, 0.717) is 43.0 Å². The Hall–Kier alpha value is -3.55. The monoisotopic (exact) mass is 425 g/mol. The van der Waals surface area contributed by atoms with E-state index in [0.717, 1.165) is 17.7 Å². The highest BCUT2D eigenvalue weighted by Gasteiger charge is 2.21. The number of carbonyl (C=O) groups excluding carboxylic acids is 3. The van der Waals surface area contributed by atoms with Crippen molar-refractivity contribution < 1.29 is 23.9 Å². The van der Waals surface area contributed by atoms with Gasteiger partial charge in [-0.25, -0.2) is 0 Å². The van der Waals surface area contributed by atoms with Crippen molar-refractivity contribution in [3.63, 3.8) is 0 Å². The SMILES string of the molecule is COc1ccc(CCNC(=O)CNC(=O)c2ccc(N3CCCC3=O)cc2)cc1OC. The van der Waals surface area contributed by atoms with Gasteiger partial charge in [0.15, 0.2) is 11.5 Å². The van der Waals surface area contributed by atoms with Gasteiger partial charge in [-0.3, -0.25) is 14.4 Å². The summed E-state index contributed by atoms with van der Waals surface area (Å²) in [6.07, 6.45) is 2.03. The molecule has 0 unspecified atom stereocenters. The number of benzene rings is 2. The molecule has 0 aromatic heterocycles. The molecule has 1 fully saturated rings. The lowest BCUT2D eigenvalue weighted by Gasteiger charge is -2.15. The summed E-state index contributed by atoms with van der Waals surface area (Å²) < 4.78 is 10.5. The number of amides is 3. The van der Waals surface area contributed by atoms with Crippen molar-refractivity contribution in [3.8, 4) is 11.5 Å². The minimum absolute atomic E-state index is 0.0990. The average Bonchev–Trinajstić information content (AvgIpc) is 3.23. The number of hydrogen-bond acceptors (Lipinski definition) is 5. The number of anilines is 1. The van der Waals surface area contributed by atoms with Gasteiger partial charge in [0.25, 0.3) is 5.91 Å². The smallest absolute Gasteiger partial charge is 0.251 e. The lowest BCUT2D eigenvalue weighted by atomic mass is 10.1. The maximum absolute atomic E-state index is 12.3. The molecule has 2 aromatic rings. The van der Waals surface area contributed by atoms with Crippen molar-refractivity contribution in [3.05, 3.63) is 53.6 Å². The highest BCUT2D eigenvalue weighted by atomic mass is 16.5. The zero-order chi connectivity index (χ0) is 22.2. The largest absolute Gasteiger partial charge is 0.493 e. The number of hydrogen-bond donors (Lipinski definition) is 2. The van der Waals surface area contributed by atoms with Crippen molar-refractivity contribution in [2.75, 3.05) is 38.8 Å². The Bertz CT molecular complexity index is 943. The van der Waals surface area contributed by atoms with Crippen LogP contribution in [0.4, 0.5) is 5.69 Å². The van der Waals surface area contributed by atoms with Crippen molar-refractivity contribution in [1.29, 1.82) is 0 Å². The number of carbonyl (C=O) groups is 3. The van der Waals surface area contributed by atoms with Gasteiger partial charge in [0.05, 0.1) is 20.8 Å². The minimum Gasteiger partial charge on any atom is -0.493 e. The van der Waals surface area contributed by atoms with E-state index in [2.05, 4.69) is 10.6 Å². The summed E-state index contributed by atoms with van der Waals surface area (Å²) in [4.78, 5) is 37.8. The number of ether oxygens (including phenoxy) is 2. The second-order valence-corrected chi connectivity index (χ2v) is 7.17. The van der Waals surface area contributed by atoms with E-state index >= 15 is 0 Å². The van der Waals surface area contributed by atoms with Crippen molar-refractivity contribution in [1.82, 2.24) is 10.6 Å². The molecule has 0 saturated carbocycles. The highest BCUT2D eigenvalue weighted by Crippen LogP contribution is 2.27. The van der Waals surface area contributed by atoms with Crippen LogP contribution in [-0.2, 0) is 16.0 Å². The summed E-state index contributed by atoms with van der Waals surface area (Å²) in [6.45, 7) is 1.02. The zero-order valence-electron chi connectivity index (χ0n) is 17.8. The molecule has 31 heavy (non-hydrogen) atoms. The Morgan fingerprint density at radius 1 is 1.00 bits per heavy atom. The van der Waals surface area contributed by atoms with Crippen LogP contribution in [0.1, 0.15) is 28.8 Å². The van der Waals surface area contributed by atoms with Gasteiger partial charge in [0.2, 0.25) is 11.8 Å². The lowest BCUT2D eigenvalue weighted by molar-refractivity contribution is -0.120. The average molecular weight is 425 g/mol. The van der Waals surface area contributed by atoms with E-state index < -0.39 is 0 Å². The quantitative estimate of drug-likeness (QED) is 0.640. The Labute approximate surface area is 181 Å². The molecule has 0 spiro atoms. The van der Waals surface area contributed by atoms with E-state index in [1.807, 2.05) is 18.2 Å². The van der Waals surface area contributed by atoms with Gasteiger partial charge in [-0.15, -0.1) is 0 Å². The maximum Gasteiger partial charge on any atom is 0.251 e. The molecule has 1 heterocycles. The molecule has 3 amide bonds. The molecule has 1 saturated heterocycles. The molecule has 8 heteroatoms. The van der Waals surface area contributed by atoms with Crippen LogP contribution in [0.25, 0.3) is 0 Å². The van der Waals surface area contributed by atoms with Crippen LogP contribution in [0, 0.1) is 0 Å². The van der Waals surface area contributed by atoms with Crippen LogP contribution in [-0.4, -0.2) is 51.6 Å². The normalized spacial score (nSPS) is 13.1. The second kappa shape index (κ2) is 10.5. The molecule has 1 aliphatic heterocycles. The molecule has 0 bridgehead atoms. The van der Waals surface area contributed by atoms with Crippen LogP contribution >= 0.6 is 0 Å². The molecule has 0 aliphatic carbocycles. The first-order valence-electron chi connectivity index (χ1n) is 10.2. The van der Waals surface area contributed by atoms with Gasteiger partial charge in [-0.1, -0.05) is 6.07 Å². The number of methoxy groups -OCH3 is 2. The van der Waals surface area contributed by atoms with Gasteiger partial charge >= 0.3 is 0 Å². The maximum atomic E-state index is 12.3. The lowest BCUT2D eigenvalue weighted by Crippen LogP contribution is -2.37. The molecule has 2 N–H and O–H groups in total. The third-order valence-corrected chi connectivity index (χ3v) is 5.11. The fourth-order valence-corrected chi connectivity index (χ4v) is 3.42. The fraction of sp³-hybridized carbons (Fsp3) is 0.348. The minimum atomic E-state index is -0.339. The zero-order valence-corrected chi connectivity index (χ0v) is 17.8. The van der Waals surface area contributed by atoms with Gasteiger partial charge in [0.1, 0.15) is 0 Å². The number of nitrogens with zero attached hydrogens (tertiary/aromatic N) is 1. The van der Waals surface area contributed by atoms with Crippen LogP contribution in [0.2, 0.25) is 0 Å². The molecule has 1 aliphatic rings. The Morgan fingerprint density at radius 2 is 1.74 bits per heavy atom. The van der Waals surface area contributed by atoms with Crippen molar-refractivity contribution >= 4 is 23.4 Å². The Balaban J connectivity index is 1.42. The molecule has 8 nitrogen and oxygen atoms in total. The predicted molar refractivity (Wildman–Crippen MR) is 117 cm³/mol. The Kier molecular flexibility index (Phi) is 7.48. The molecular formula is C23H27N3O5. The fourth-order valence-electron chi connectivity index (χ4n) is 3.42. The molecule has 164 valence electrons. The molecule has 3 rings (SSSR count). The third-order valence-electron chi connectivity index (χ3n) is 5.11. The van der Waals surface area contributed by atoms with Crippen molar-refractivity contribution in [2.45, 2.75) is 19.3 Å². The van der Waals surface area contributed by atoms with Crippen LogP contribution < -0.4 is 25.0 Å². The second-order valence-electron chi connectivity index (χ2n) is 7.17. The van der Waals surface area contributed by atoms with Gasteiger partial charge < -0.3 is 25.0 Å². The van der Waals surface area contributed by atoms with Crippen molar-refractivity contribution in [2.24, 2.45) is 0 Å². The van der Waals surface area contributed by atoms with E-state index in [9.17, 15) is 14.4 Å². The standard InChI is InChI=1S/C23H27N3O5/c1-30-19-10-5-16(14-20(19)31-2)11-12-24-21(27)15-25-23(29)17-6-8-18(9-7-17)26-13-3-4-22(26)28/h5-10,14H,3-4,11-13,15H2,1-2H3,(H,24,27)(H,25,29). The third kappa shape index (κ3) is 5.75. The van der Waals surface area contributed by atoms with Gasteiger partial charge in [-0.2, -0.15) is 0 Å². The van der Waals surface area contributed by atoms with E-state index in [1.165, 1.54) is 0 Å². The topological polar surface area (TPSA) is 97.0 Å². The van der Waals surface area contributed by atoms with Crippen LogP contribution in [0.15, 0.2) is 42.5 Å². The predicted octanol–water partition coefficient (Wildman–Crippen LogP) is 1.92. The summed E-state index contributed by atoms with van der Waals surface area (Å²) in [7, 11) is 3.15. The first kappa shape index (κ1) is 22.1. The van der Waals surface area contributed by atoms with Gasteiger partial charge in [0, 0.05) is 30.8 Å². The van der Waals surface area contributed by atoms with Crippen LogP contribution in [0.3, 0.4) is 0 Å². The molecule has 2 aromatic carbocycles. The first-order chi connectivity index (χ1) is 15.0. The molecular weight excluding hydrogens is 398 g/mol. The summed E-state index contributed by atoms with van der Waals surface area (Å²) in [5, 5.41) is 5.40. The summed E-state index contributed by atoms with van der Waals surface area (Å²) >= 11 is 0. The summed E-state index contributed by atoms with van der Waals surface area (Å²) in [6, 6.07) is 12.4. The van der Waals surface area contributed by atoms with E-state index in [4.69, 9.17) is 9.47 Å². The van der Waals surface area contributed by atoms with E-state index in [1.54, 1.807) is 43.4 Å². The highest BCUT2D eigenvalue weighted by molar-refractivity contribution is 5.98. The molecule has 0 atom stereocenters. The van der Waals surface area contributed by atoms with Crippen LogP contribution in [0.5, 0.6) is 11.5 Å². The summed E-state index contributed by atoms with van der Waals surface area (Å²) in [5.41, 5.74) is 2.22. The number of nitrogens with one attached hydrogen (secondary N) is 2. The molecule has 0 radical (unpaired) electrons. The Morgan fingerprint density at radius 3 is 2.39 bits per heavy atom.